The fourth-order valence-electron chi connectivity index (χ4n) is 2.58. The zero-order valence-electron chi connectivity index (χ0n) is 14.8. The highest BCUT2D eigenvalue weighted by Crippen LogP contribution is 2.32. The molecule has 0 saturated heterocycles. The van der Waals surface area contributed by atoms with Crippen molar-refractivity contribution in [2.75, 3.05) is 13.7 Å². The summed E-state index contributed by atoms with van der Waals surface area (Å²) in [5.41, 5.74) is 1.51. The van der Waals surface area contributed by atoms with E-state index < -0.39 is 5.97 Å². The summed E-state index contributed by atoms with van der Waals surface area (Å²) < 4.78 is 15.9. The molecule has 0 atom stereocenters. The van der Waals surface area contributed by atoms with Crippen molar-refractivity contribution < 1.29 is 23.8 Å². The fourth-order valence-corrected chi connectivity index (χ4v) is 2.58. The Hall–Kier alpha value is -3.08. The Bertz CT molecular complexity index is 849. The van der Waals surface area contributed by atoms with E-state index in [2.05, 4.69) is 11.7 Å². The van der Waals surface area contributed by atoms with Gasteiger partial charge in [-0.1, -0.05) is 25.5 Å². The van der Waals surface area contributed by atoms with E-state index in [1.165, 1.54) is 13.2 Å². The third-order valence-corrected chi connectivity index (χ3v) is 4.03. The van der Waals surface area contributed by atoms with Crippen LogP contribution in [-0.4, -0.2) is 25.5 Å². The van der Waals surface area contributed by atoms with Gasteiger partial charge in [-0.15, -0.1) is 0 Å². The van der Waals surface area contributed by atoms with Crippen LogP contribution in [0.15, 0.2) is 48.2 Å². The van der Waals surface area contributed by atoms with Crippen molar-refractivity contribution in [2.45, 2.75) is 19.8 Å². The van der Waals surface area contributed by atoms with Gasteiger partial charge in [0, 0.05) is 0 Å². The molecule has 0 radical (unpaired) electrons. The number of hydrogen-bond donors (Lipinski definition) is 0. The van der Waals surface area contributed by atoms with Gasteiger partial charge in [0.2, 0.25) is 5.78 Å². The standard InChI is InChI=1S/C21H20O5/c1-3-4-11-25-16-8-5-14(6-9-16)12-19-20(22)17-13-15(21(23)24-2)7-10-18(17)26-19/h5-10,12-13H,3-4,11H2,1-2H3/b19-12-. The van der Waals surface area contributed by atoms with Crippen molar-refractivity contribution in [2.24, 2.45) is 0 Å². The van der Waals surface area contributed by atoms with Crippen LogP contribution in [0.5, 0.6) is 11.5 Å². The molecule has 1 aliphatic rings. The summed E-state index contributed by atoms with van der Waals surface area (Å²) in [5, 5.41) is 0. The molecule has 0 amide bonds. The first kappa shape index (κ1) is 17.7. The lowest BCUT2D eigenvalue weighted by molar-refractivity contribution is 0.0600. The number of unbranched alkanes of at least 4 members (excludes halogenated alkanes) is 1. The van der Waals surface area contributed by atoms with E-state index in [0.717, 1.165) is 24.2 Å². The number of carbonyl (C=O) groups is 2. The Morgan fingerprint density at radius 2 is 1.92 bits per heavy atom. The lowest BCUT2D eigenvalue weighted by Gasteiger charge is -2.05. The van der Waals surface area contributed by atoms with Gasteiger partial charge < -0.3 is 14.2 Å². The van der Waals surface area contributed by atoms with Crippen molar-refractivity contribution in [1.29, 1.82) is 0 Å². The Morgan fingerprint density at radius 1 is 1.15 bits per heavy atom. The molecule has 0 saturated carbocycles. The molecule has 3 rings (SSSR count). The molecule has 0 fully saturated rings. The number of benzene rings is 2. The maximum Gasteiger partial charge on any atom is 0.337 e. The monoisotopic (exact) mass is 352 g/mol. The third kappa shape index (κ3) is 3.77. The number of Topliss-reactive ketones (excluding diaryl/α,β-unsaturated/α-hetero) is 1. The molecule has 0 unspecified atom stereocenters. The largest absolute Gasteiger partial charge is 0.494 e. The first-order valence-corrected chi connectivity index (χ1v) is 8.52. The Morgan fingerprint density at radius 3 is 2.62 bits per heavy atom. The lowest BCUT2D eigenvalue weighted by Crippen LogP contribution is -2.03. The van der Waals surface area contributed by atoms with Crippen LogP contribution in [-0.2, 0) is 4.74 Å². The molecule has 134 valence electrons. The topological polar surface area (TPSA) is 61.8 Å². The van der Waals surface area contributed by atoms with Crippen LogP contribution in [0.4, 0.5) is 0 Å². The minimum absolute atomic E-state index is 0.224. The van der Waals surface area contributed by atoms with Gasteiger partial charge in [0.25, 0.3) is 0 Å². The van der Waals surface area contributed by atoms with Gasteiger partial charge in [-0.25, -0.2) is 4.79 Å². The van der Waals surface area contributed by atoms with E-state index in [0.29, 0.717) is 23.5 Å². The van der Waals surface area contributed by atoms with E-state index in [4.69, 9.17) is 9.47 Å². The maximum absolute atomic E-state index is 12.5. The van der Waals surface area contributed by atoms with E-state index >= 15 is 0 Å². The molecule has 1 heterocycles. The maximum atomic E-state index is 12.5. The fraction of sp³-hybridized carbons (Fsp3) is 0.238. The number of hydrogen-bond acceptors (Lipinski definition) is 5. The number of rotatable bonds is 6. The molecule has 1 aliphatic heterocycles. The van der Waals surface area contributed by atoms with Crippen LogP contribution in [0.1, 0.15) is 46.0 Å². The molecular weight excluding hydrogens is 332 g/mol. The number of methoxy groups -OCH3 is 1. The molecule has 0 aliphatic carbocycles. The van der Waals surface area contributed by atoms with E-state index in [-0.39, 0.29) is 11.5 Å². The normalized spacial score (nSPS) is 14.1. The minimum Gasteiger partial charge on any atom is -0.494 e. The predicted octanol–water partition coefficient (Wildman–Crippen LogP) is 4.27. The van der Waals surface area contributed by atoms with Gasteiger partial charge in [-0.05, 0) is 48.4 Å². The summed E-state index contributed by atoms with van der Waals surface area (Å²) in [6.07, 6.45) is 3.78. The molecule has 0 spiro atoms. The van der Waals surface area contributed by atoms with Crippen LogP contribution in [0.2, 0.25) is 0 Å². The molecule has 2 aromatic rings. The molecule has 2 aromatic carbocycles. The minimum atomic E-state index is -0.489. The number of ketones is 1. The highest BCUT2D eigenvalue weighted by molar-refractivity contribution is 6.15. The number of esters is 1. The third-order valence-electron chi connectivity index (χ3n) is 4.03. The van der Waals surface area contributed by atoms with E-state index in [9.17, 15) is 9.59 Å². The van der Waals surface area contributed by atoms with Crippen molar-refractivity contribution in [3.8, 4) is 11.5 Å². The van der Waals surface area contributed by atoms with Gasteiger partial charge in [0.1, 0.15) is 11.5 Å². The zero-order valence-corrected chi connectivity index (χ0v) is 14.8. The van der Waals surface area contributed by atoms with Gasteiger partial charge >= 0.3 is 5.97 Å². The van der Waals surface area contributed by atoms with Crippen molar-refractivity contribution in [3.63, 3.8) is 0 Å². The Balaban J connectivity index is 1.76. The summed E-state index contributed by atoms with van der Waals surface area (Å²) in [7, 11) is 1.30. The molecule has 5 heteroatoms. The number of ether oxygens (including phenoxy) is 3. The summed E-state index contributed by atoms with van der Waals surface area (Å²) in [5.74, 6) is 0.714. The summed E-state index contributed by atoms with van der Waals surface area (Å²) >= 11 is 0. The summed E-state index contributed by atoms with van der Waals surface area (Å²) in [6, 6.07) is 12.1. The van der Waals surface area contributed by atoms with Crippen LogP contribution < -0.4 is 9.47 Å². The van der Waals surface area contributed by atoms with Crippen LogP contribution >= 0.6 is 0 Å². The van der Waals surface area contributed by atoms with Crippen molar-refractivity contribution in [1.82, 2.24) is 0 Å². The molecule has 0 N–H and O–H groups in total. The molecule has 5 nitrogen and oxygen atoms in total. The highest BCUT2D eigenvalue weighted by atomic mass is 16.5. The second-order valence-electron chi connectivity index (χ2n) is 5.91. The SMILES string of the molecule is CCCCOc1ccc(/C=C2\Oc3ccc(C(=O)OC)cc3C2=O)cc1. The molecule has 0 aromatic heterocycles. The molecule has 26 heavy (non-hydrogen) atoms. The van der Waals surface area contributed by atoms with Gasteiger partial charge in [0.05, 0.1) is 24.8 Å². The van der Waals surface area contributed by atoms with Crippen LogP contribution in [0.3, 0.4) is 0 Å². The van der Waals surface area contributed by atoms with E-state index in [1.54, 1.807) is 18.2 Å². The summed E-state index contributed by atoms with van der Waals surface area (Å²) in [6.45, 7) is 2.81. The Labute approximate surface area is 152 Å². The summed E-state index contributed by atoms with van der Waals surface area (Å²) in [4.78, 5) is 24.2. The average Bonchev–Trinajstić information content (AvgIpc) is 2.98. The lowest BCUT2D eigenvalue weighted by atomic mass is 10.1. The zero-order chi connectivity index (χ0) is 18.5. The predicted molar refractivity (Wildman–Crippen MR) is 97.6 cm³/mol. The molecule has 0 bridgehead atoms. The first-order valence-electron chi connectivity index (χ1n) is 8.52. The van der Waals surface area contributed by atoms with Crippen molar-refractivity contribution >= 4 is 17.8 Å². The first-order chi connectivity index (χ1) is 12.6. The van der Waals surface area contributed by atoms with Gasteiger partial charge in [-0.2, -0.15) is 0 Å². The van der Waals surface area contributed by atoms with Crippen LogP contribution in [0.25, 0.3) is 6.08 Å². The van der Waals surface area contributed by atoms with Gasteiger partial charge in [0.15, 0.2) is 5.76 Å². The number of allylic oxidation sites excluding steroid dienone is 1. The Kier molecular flexibility index (Phi) is 5.37. The average molecular weight is 352 g/mol. The van der Waals surface area contributed by atoms with Crippen LogP contribution in [0, 0.1) is 0 Å². The quantitative estimate of drug-likeness (QED) is 0.441. The van der Waals surface area contributed by atoms with Gasteiger partial charge in [-0.3, -0.25) is 4.79 Å². The highest BCUT2D eigenvalue weighted by Gasteiger charge is 2.28. The van der Waals surface area contributed by atoms with E-state index in [1.807, 2.05) is 24.3 Å². The second kappa shape index (κ2) is 7.87. The number of fused-ring (bicyclic) bond motifs is 1. The molecular formula is C21H20O5. The van der Waals surface area contributed by atoms with Crippen molar-refractivity contribution in [3.05, 3.63) is 64.9 Å². The smallest absolute Gasteiger partial charge is 0.337 e. The second-order valence-corrected chi connectivity index (χ2v) is 5.91. The number of carbonyl (C=O) groups excluding carboxylic acids is 2.